The fourth-order valence-electron chi connectivity index (χ4n) is 1.60. The number of phenols is 1. The second-order valence-corrected chi connectivity index (χ2v) is 4.54. The SMILES string of the molecule is CC1(CNC(=O)c2cccc(O)c2)COC1. The van der Waals surface area contributed by atoms with Crippen LogP contribution < -0.4 is 5.32 Å². The third-order valence-electron chi connectivity index (χ3n) is 2.69. The standard InChI is InChI=1S/C12H15NO3/c1-12(7-16-8-12)6-13-11(15)9-3-2-4-10(14)5-9/h2-5,14H,6-8H2,1H3,(H,13,15). The van der Waals surface area contributed by atoms with Crippen molar-refractivity contribution in [3.63, 3.8) is 0 Å². The molecule has 1 aromatic carbocycles. The molecule has 86 valence electrons. The smallest absolute Gasteiger partial charge is 0.251 e. The lowest BCUT2D eigenvalue weighted by Gasteiger charge is -2.38. The molecule has 0 spiro atoms. The van der Waals surface area contributed by atoms with Crippen molar-refractivity contribution in [1.82, 2.24) is 5.32 Å². The Bertz CT molecular complexity index is 399. The zero-order chi connectivity index (χ0) is 11.6. The zero-order valence-corrected chi connectivity index (χ0v) is 9.19. The van der Waals surface area contributed by atoms with E-state index >= 15 is 0 Å². The summed E-state index contributed by atoms with van der Waals surface area (Å²) >= 11 is 0. The highest BCUT2D eigenvalue weighted by atomic mass is 16.5. The van der Waals surface area contributed by atoms with Crippen molar-refractivity contribution in [3.8, 4) is 5.75 Å². The summed E-state index contributed by atoms with van der Waals surface area (Å²) in [5, 5.41) is 12.1. The summed E-state index contributed by atoms with van der Waals surface area (Å²) in [6.07, 6.45) is 0. The molecule has 0 radical (unpaired) electrons. The van der Waals surface area contributed by atoms with Gasteiger partial charge in [0, 0.05) is 17.5 Å². The van der Waals surface area contributed by atoms with Gasteiger partial charge in [0.25, 0.3) is 5.91 Å². The molecule has 2 rings (SSSR count). The molecule has 0 aliphatic carbocycles. The molecule has 1 aliphatic rings. The molecule has 0 atom stereocenters. The summed E-state index contributed by atoms with van der Waals surface area (Å²) in [5.41, 5.74) is 0.538. The van der Waals surface area contributed by atoms with E-state index in [1.807, 2.05) is 0 Å². The van der Waals surface area contributed by atoms with E-state index in [-0.39, 0.29) is 17.1 Å². The number of hydrogen-bond donors (Lipinski definition) is 2. The quantitative estimate of drug-likeness (QED) is 0.805. The molecule has 16 heavy (non-hydrogen) atoms. The van der Waals surface area contributed by atoms with Gasteiger partial charge in [0.1, 0.15) is 5.75 Å². The second kappa shape index (κ2) is 4.14. The van der Waals surface area contributed by atoms with Crippen LogP contribution in [0.15, 0.2) is 24.3 Å². The van der Waals surface area contributed by atoms with Gasteiger partial charge in [-0.25, -0.2) is 0 Å². The largest absolute Gasteiger partial charge is 0.508 e. The van der Waals surface area contributed by atoms with Crippen molar-refractivity contribution in [2.75, 3.05) is 19.8 Å². The molecule has 1 amide bonds. The number of aromatic hydroxyl groups is 1. The van der Waals surface area contributed by atoms with Gasteiger partial charge >= 0.3 is 0 Å². The molecular formula is C12H15NO3. The summed E-state index contributed by atoms with van der Waals surface area (Å²) in [7, 11) is 0. The molecule has 0 unspecified atom stereocenters. The summed E-state index contributed by atoms with van der Waals surface area (Å²) < 4.78 is 5.10. The van der Waals surface area contributed by atoms with E-state index in [2.05, 4.69) is 12.2 Å². The van der Waals surface area contributed by atoms with Gasteiger partial charge in [-0.2, -0.15) is 0 Å². The Kier molecular flexibility index (Phi) is 2.83. The first-order valence-corrected chi connectivity index (χ1v) is 5.24. The van der Waals surface area contributed by atoms with Crippen LogP contribution in [0.4, 0.5) is 0 Å². The van der Waals surface area contributed by atoms with Crippen LogP contribution in [0.25, 0.3) is 0 Å². The number of benzene rings is 1. The number of nitrogens with one attached hydrogen (secondary N) is 1. The molecule has 0 bridgehead atoms. The zero-order valence-electron chi connectivity index (χ0n) is 9.19. The highest BCUT2D eigenvalue weighted by Gasteiger charge is 2.33. The number of phenolic OH excluding ortho intramolecular Hbond substituents is 1. The molecule has 0 saturated carbocycles. The van der Waals surface area contributed by atoms with Crippen molar-refractivity contribution in [2.24, 2.45) is 5.41 Å². The Morgan fingerprint density at radius 2 is 2.31 bits per heavy atom. The maximum atomic E-state index is 11.7. The van der Waals surface area contributed by atoms with E-state index in [1.54, 1.807) is 12.1 Å². The Balaban J connectivity index is 1.93. The van der Waals surface area contributed by atoms with Gasteiger partial charge in [-0.05, 0) is 18.2 Å². The van der Waals surface area contributed by atoms with Crippen molar-refractivity contribution >= 4 is 5.91 Å². The minimum Gasteiger partial charge on any atom is -0.508 e. The van der Waals surface area contributed by atoms with E-state index in [4.69, 9.17) is 4.74 Å². The third-order valence-corrected chi connectivity index (χ3v) is 2.69. The maximum Gasteiger partial charge on any atom is 0.251 e. The molecular weight excluding hydrogens is 206 g/mol. The van der Waals surface area contributed by atoms with Gasteiger partial charge in [-0.1, -0.05) is 13.0 Å². The summed E-state index contributed by atoms with van der Waals surface area (Å²) in [5.74, 6) is -0.0603. The van der Waals surface area contributed by atoms with Crippen LogP contribution in [0, 0.1) is 5.41 Å². The molecule has 1 saturated heterocycles. The number of rotatable bonds is 3. The number of carbonyl (C=O) groups excluding carboxylic acids is 1. The van der Waals surface area contributed by atoms with Crippen molar-refractivity contribution in [1.29, 1.82) is 0 Å². The van der Waals surface area contributed by atoms with Gasteiger partial charge in [0.2, 0.25) is 0 Å². The molecule has 1 aliphatic heterocycles. The molecule has 1 heterocycles. The number of hydrogen-bond acceptors (Lipinski definition) is 3. The summed E-state index contributed by atoms with van der Waals surface area (Å²) in [6, 6.07) is 6.32. The van der Waals surface area contributed by atoms with Crippen LogP contribution in [-0.4, -0.2) is 30.8 Å². The number of carbonyl (C=O) groups is 1. The third kappa shape index (κ3) is 2.33. The highest BCUT2D eigenvalue weighted by Crippen LogP contribution is 2.25. The maximum absolute atomic E-state index is 11.7. The van der Waals surface area contributed by atoms with Gasteiger partial charge < -0.3 is 15.2 Å². The number of ether oxygens (including phenoxy) is 1. The van der Waals surface area contributed by atoms with Crippen molar-refractivity contribution < 1.29 is 14.6 Å². The highest BCUT2D eigenvalue weighted by molar-refractivity contribution is 5.94. The Hall–Kier alpha value is -1.55. The first-order valence-electron chi connectivity index (χ1n) is 5.24. The fourth-order valence-corrected chi connectivity index (χ4v) is 1.60. The summed E-state index contributed by atoms with van der Waals surface area (Å²) in [4.78, 5) is 11.7. The fraction of sp³-hybridized carbons (Fsp3) is 0.417. The normalized spacial score (nSPS) is 17.6. The van der Waals surface area contributed by atoms with E-state index < -0.39 is 0 Å². The van der Waals surface area contributed by atoms with E-state index in [1.165, 1.54) is 12.1 Å². The van der Waals surface area contributed by atoms with Crippen LogP contribution in [0.2, 0.25) is 0 Å². The van der Waals surface area contributed by atoms with E-state index in [0.29, 0.717) is 25.3 Å². The van der Waals surface area contributed by atoms with Crippen LogP contribution in [0.3, 0.4) is 0 Å². The molecule has 1 aromatic rings. The van der Waals surface area contributed by atoms with Gasteiger partial charge in [0.15, 0.2) is 0 Å². The monoisotopic (exact) mass is 221 g/mol. The minimum atomic E-state index is -0.163. The van der Waals surface area contributed by atoms with Gasteiger partial charge in [-0.15, -0.1) is 0 Å². The summed E-state index contributed by atoms with van der Waals surface area (Å²) in [6.45, 7) is 4.04. The molecule has 4 heteroatoms. The molecule has 1 fully saturated rings. The van der Waals surface area contributed by atoms with Crippen LogP contribution in [0.5, 0.6) is 5.75 Å². The number of amides is 1. The van der Waals surface area contributed by atoms with Crippen molar-refractivity contribution in [3.05, 3.63) is 29.8 Å². The van der Waals surface area contributed by atoms with Gasteiger partial charge in [-0.3, -0.25) is 4.79 Å². The topological polar surface area (TPSA) is 58.6 Å². The average molecular weight is 221 g/mol. The van der Waals surface area contributed by atoms with Gasteiger partial charge in [0.05, 0.1) is 13.2 Å². The first-order chi connectivity index (χ1) is 7.59. The Morgan fingerprint density at radius 3 is 2.88 bits per heavy atom. The van der Waals surface area contributed by atoms with Crippen LogP contribution in [0.1, 0.15) is 17.3 Å². The predicted molar refractivity (Wildman–Crippen MR) is 59.4 cm³/mol. The first kappa shape index (κ1) is 11.0. The molecule has 2 N–H and O–H groups in total. The predicted octanol–water partition coefficient (Wildman–Crippen LogP) is 1.16. The Morgan fingerprint density at radius 1 is 1.56 bits per heavy atom. The lowest BCUT2D eigenvalue weighted by atomic mass is 9.88. The van der Waals surface area contributed by atoms with Crippen molar-refractivity contribution in [2.45, 2.75) is 6.92 Å². The van der Waals surface area contributed by atoms with Crippen LogP contribution >= 0.6 is 0 Å². The molecule has 4 nitrogen and oxygen atoms in total. The van der Waals surface area contributed by atoms with E-state index in [0.717, 1.165) is 0 Å². The molecule has 0 aromatic heterocycles. The average Bonchev–Trinajstić information content (AvgIpc) is 2.23. The van der Waals surface area contributed by atoms with E-state index in [9.17, 15) is 9.90 Å². The minimum absolute atomic E-state index is 0.0620. The lowest BCUT2D eigenvalue weighted by molar-refractivity contribution is -0.0978. The Labute approximate surface area is 94.2 Å². The van der Waals surface area contributed by atoms with Crippen LogP contribution in [-0.2, 0) is 4.74 Å². The second-order valence-electron chi connectivity index (χ2n) is 4.54. The lowest BCUT2D eigenvalue weighted by Crippen LogP contribution is -2.48.